The molecule has 0 N–H and O–H groups in total. The first-order valence-corrected chi connectivity index (χ1v) is 4.30. The Bertz CT molecular complexity index is 330. The second-order valence-corrected chi connectivity index (χ2v) is 3.00. The van der Waals surface area contributed by atoms with E-state index in [0.717, 1.165) is 6.42 Å². The largest absolute Gasteiger partial charge is 0.462 e. The van der Waals surface area contributed by atoms with Gasteiger partial charge in [0.1, 0.15) is 0 Å². The molecule has 1 fully saturated rings. The number of esters is 1. The molecule has 0 spiro atoms. The highest BCUT2D eigenvalue weighted by atomic mass is 16.5. The average molecular weight is 198 g/mol. The zero-order valence-corrected chi connectivity index (χ0v) is 7.73. The number of hydrogen-bond donors (Lipinski definition) is 0. The topological polar surface area (TPSA) is 74.5 Å². The number of carbonyl (C=O) groups excluding carboxylic acids is 1. The van der Waals surface area contributed by atoms with Gasteiger partial charge in [0.25, 0.3) is 0 Å². The molecular formula is C8H10N2O4. The summed E-state index contributed by atoms with van der Waals surface area (Å²) < 4.78 is 14.8. The molecule has 0 bridgehead atoms. The van der Waals surface area contributed by atoms with E-state index in [1.54, 1.807) is 0 Å². The number of carbonyl (C=O) groups is 1. The summed E-state index contributed by atoms with van der Waals surface area (Å²) in [7, 11) is 1.27. The standard InChI is InChI=1S/C8H10N2O4/c1-12-8(11)7-10-9-6(14-7)5-2-3-13-4-5/h5H,2-4H2,1H3. The van der Waals surface area contributed by atoms with Crippen LogP contribution in [0.5, 0.6) is 0 Å². The van der Waals surface area contributed by atoms with E-state index in [2.05, 4.69) is 14.9 Å². The molecule has 0 saturated carbocycles. The maximum Gasteiger partial charge on any atom is 0.396 e. The van der Waals surface area contributed by atoms with Crippen LogP contribution in [0.4, 0.5) is 0 Å². The highest BCUT2D eigenvalue weighted by Crippen LogP contribution is 2.23. The van der Waals surface area contributed by atoms with Crippen molar-refractivity contribution in [1.82, 2.24) is 10.2 Å². The lowest BCUT2D eigenvalue weighted by Crippen LogP contribution is -2.01. The van der Waals surface area contributed by atoms with Gasteiger partial charge in [0.05, 0.1) is 19.6 Å². The summed E-state index contributed by atoms with van der Waals surface area (Å²) in [6.45, 7) is 1.27. The lowest BCUT2D eigenvalue weighted by atomic mass is 10.1. The minimum atomic E-state index is -0.609. The summed E-state index contributed by atoms with van der Waals surface area (Å²) in [6, 6.07) is 0. The van der Waals surface area contributed by atoms with Gasteiger partial charge in [-0.1, -0.05) is 0 Å². The summed E-state index contributed by atoms with van der Waals surface area (Å²) in [5.41, 5.74) is 0. The first kappa shape index (κ1) is 9.14. The van der Waals surface area contributed by atoms with Crippen LogP contribution in [0.2, 0.25) is 0 Å². The number of ether oxygens (including phenoxy) is 2. The van der Waals surface area contributed by atoms with Gasteiger partial charge < -0.3 is 13.9 Å². The number of methoxy groups -OCH3 is 1. The Kier molecular flexibility index (Phi) is 2.45. The summed E-state index contributed by atoms with van der Waals surface area (Å²) in [5, 5.41) is 7.35. The van der Waals surface area contributed by atoms with E-state index in [-0.39, 0.29) is 11.8 Å². The van der Waals surface area contributed by atoms with Crippen molar-refractivity contribution in [1.29, 1.82) is 0 Å². The Morgan fingerprint density at radius 2 is 2.43 bits per heavy atom. The molecule has 1 unspecified atom stereocenters. The van der Waals surface area contributed by atoms with Crippen LogP contribution in [0.15, 0.2) is 4.42 Å². The molecule has 0 amide bonds. The van der Waals surface area contributed by atoms with Gasteiger partial charge in [-0.05, 0) is 6.42 Å². The Labute approximate surface area is 80.2 Å². The summed E-state index contributed by atoms with van der Waals surface area (Å²) in [4.78, 5) is 11.0. The van der Waals surface area contributed by atoms with Crippen molar-refractivity contribution >= 4 is 5.97 Å². The van der Waals surface area contributed by atoms with Crippen LogP contribution in [-0.4, -0.2) is 36.5 Å². The lowest BCUT2D eigenvalue weighted by molar-refractivity contribution is 0.0553. The maximum atomic E-state index is 11.0. The predicted molar refractivity (Wildman–Crippen MR) is 43.8 cm³/mol. The molecule has 1 aromatic heterocycles. The highest BCUT2D eigenvalue weighted by molar-refractivity contribution is 5.83. The van der Waals surface area contributed by atoms with Gasteiger partial charge in [0, 0.05) is 6.61 Å². The fraction of sp³-hybridized carbons (Fsp3) is 0.625. The third-order valence-corrected chi connectivity index (χ3v) is 2.08. The molecule has 0 aromatic carbocycles. The monoisotopic (exact) mass is 198 g/mol. The minimum Gasteiger partial charge on any atom is -0.462 e. The third kappa shape index (κ3) is 1.60. The minimum absolute atomic E-state index is 0.102. The highest BCUT2D eigenvalue weighted by Gasteiger charge is 2.25. The molecular weight excluding hydrogens is 188 g/mol. The normalized spacial score (nSPS) is 21.1. The van der Waals surface area contributed by atoms with Gasteiger partial charge in [-0.25, -0.2) is 4.79 Å². The molecule has 1 aromatic rings. The summed E-state index contributed by atoms with van der Waals surface area (Å²) in [5.74, 6) is -0.152. The van der Waals surface area contributed by atoms with Crippen LogP contribution < -0.4 is 0 Å². The van der Waals surface area contributed by atoms with Crippen LogP contribution in [0.25, 0.3) is 0 Å². The van der Waals surface area contributed by atoms with Crippen LogP contribution >= 0.6 is 0 Å². The Morgan fingerprint density at radius 1 is 1.57 bits per heavy atom. The molecule has 0 radical (unpaired) electrons. The molecule has 14 heavy (non-hydrogen) atoms. The number of aromatic nitrogens is 2. The van der Waals surface area contributed by atoms with E-state index in [1.165, 1.54) is 7.11 Å². The van der Waals surface area contributed by atoms with E-state index >= 15 is 0 Å². The smallest absolute Gasteiger partial charge is 0.396 e. The first-order valence-electron chi connectivity index (χ1n) is 4.30. The predicted octanol–water partition coefficient (Wildman–Crippen LogP) is 0.360. The Balaban J connectivity index is 2.12. The van der Waals surface area contributed by atoms with Gasteiger partial charge in [-0.3, -0.25) is 0 Å². The van der Waals surface area contributed by atoms with E-state index in [0.29, 0.717) is 19.1 Å². The molecule has 1 saturated heterocycles. The molecule has 2 heterocycles. The average Bonchev–Trinajstić information content (AvgIpc) is 2.86. The van der Waals surface area contributed by atoms with Crippen molar-refractivity contribution in [2.75, 3.05) is 20.3 Å². The van der Waals surface area contributed by atoms with Crippen molar-refractivity contribution in [3.63, 3.8) is 0 Å². The van der Waals surface area contributed by atoms with Crippen molar-refractivity contribution in [3.8, 4) is 0 Å². The van der Waals surface area contributed by atoms with Crippen molar-refractivity contribution < 1.29 is 18.7 Å². The van der Waals surface area contributed by atoms with Gasteiger partial charge in [-0.15, -0.1) is 10.2 Å². The van der Waals surface area contributed by atoms with Gasteiger partial charge >= 0.3 is 11.9 Å². The summed E-state index contributed by atoms with van der Waals surface area (Å²) in [6.07, 6.45) is 0.850. The van der Waals surface area contributed by atoms with E-state index in [1.807, 2.05) is 0 Å². The second-order valence-electron chi connectivity index (χ2n) is 3.00. The van der Waals surface area contributed by atoms with Crippen LogP contribution in [0.1, 0.15) is 28.9 Å². The zero-order chi connectivity index (χ0) is 9.97. The lowest BCUT2D eigenvalue weighted by Gasteiger charge is -1.98. The molecule has 1 aliphatic heterocycles. The Hall–Kier alpha value is -1.43. The maximum absolute atomic E-state index is 11.0. The van der Waals surface area contributed by atoms with Crippen molar-refractivity contribution in [2.24, 2.45) is 0 Å². The summed E-state index contributed by atoms with van der Waals surface area (Å²) >= 11 is 0. The molecule has 6 heteroatoms. The fourth-order valence-corrected chi connectivity index (χ4v) is 1.30. The van der Waals surface area contributed by atoms with E-state index in [4.69, 9.17) is 9.15 Å². The molecule has 76 valence electrons. The number of nitrogens with zero attached hydrogens (tertiary/aromatic N) is 2. The van der Waals surface area contributed by atoms with Crippen molar-refractivity contribution in [2.45, 2.75) is 12.3 Å². The molecule has 2 rings (SSSR count). The number of hydrogen-bond acceptors (Lipinski definition) is 6. The Morgan fingerprint density at radius 3 is 3.07 bits per heavy atom. The van der Waals surface area contributed by atoms with Crippen LogP contribution in [-0.2, 0) is 9.47 Å². The SMILES string of the molecule is COC(=O)c1nnc(C2CCOC2)o1. The van der Waals surface area contributed by atoms with E-state index < -0.39 is 5.97 Å². The second kappa shape index (κ2) is 3.75. The van der Waals surface area contributed by atoms with Crippen molar-refractivity contribution in [3.05, 3.63) is 11.8 Å². The molecule has 6 nitrogen and oxygen atoms in total. The van der Waals surface area contributed by atoms with Gasteiger partial charge in [0.15, 0.2) is 0 Å². The molecule has 0 aliphatic carbocycles. The van der Waals surface area contributed by atoms with Crippen LogP contribution in [0, 0.1) is 0 Å². The fourth-order valence-electron chi connectivity index (χ4n) is 1.30. The molecule has 1 aliphatic rings. The van der Waals surface area contributed by atoms with E-state index in [9.17, 15) is 4.79 Å². The number of rotatable bonds is 2. The third-order valence-electron chi connectivity index (χ3n) is 2.08. The quantitative estimate of drug-likeness (QED) is 0.639. The molecule has 1 atom stereocenters. The van der Waals surface area contributed by atoms with Gasteiger partial charge in [0.2, 0.25) is 5.89 Å². The van der Waals surface area contributed by atoms with Crippen LogP contribution in [0.3, 0.4) is 0 Å². The van der Waals surface area contributed by atoms with Gasteiger partial charge in [-0.2, -0.15) is 0 Å². The first-order chi connectivity index (χ1) is 6.81. The zero-order valence-electron chi connectivity index (χ0n) is 7.73.